The fraction of sp³-hybridized carbons (Fsp3) is 0.261. The highest BCUT2D eigenvalue weighted by molar-refractivity contribution is 5.86. The van der Waals surface area contributed by atoms with Crippen molar-refractivity contribution in [3.8, 4) is 5.75 Å². The molecular weight excluding hydrogens is 322 g/mol. The van der Waals surface area contributed by atoms with Gasteiger partial charge in [0.15, 0.2) is 0 Å². The van der Waals surface area contributed by atoms with E-state index < -0.39 is 0 Å². The van der Waals surface area contributed by atoms with Gasteiger partial charge < -0.3 is 10.1 Å². The van der Waals surface area contributed by atoms with E-state index in [4.69, 9.17) is 4.74 Å². The number of hydrogen-bond donors (Lipinski definition) is 1. The molecule has 0 fully saturated rings. The van der Waals surface area contributed by atoms with Gasteiger partial charge in [-0.25, -0.2) is 0 Å². The molecule has 1 N–H and O–H groups in total. The van der Waals surface area contributed by atoms with Crippen LogP contribution in [0.1, 0.15) is 24.5 Å². The summed E-state index contributed by atoms with van der Waals surface area (Å²) in [6.07, 6.45) is 2.25. The van der Waals surface area contributed by atoms with E-state index in [0.29, 0.717) is 19.6 Å². The molecule has 3 aromatic rings. The summed E-state index contributed by atoms with van der Waals surface area (Å²) in [6, 6.07) is 22.6. The quantitative estimate of drug-likeness (QED) is 0.608. The Kier molecular flexibility index (Phi) is 6.26. The van der Waals surface area contributed by atoms with Crippen molar-refractivity contribution in [2.45, 2.75) is 26.2 Å². The number of nitrogens with one attached hydrogen (secondary N) is 1. The van der Waals surface area contributed by atoms with Crippen LogP contribution in [0.25, 0.3) is 10.8 Å². The molecule has 0 saturated carbocycles. The SMILES string of the molecule is CCc1ccc(OCCNC(=O)CCc2cccc3ccccc23)cc1. The van der Waals surface area contributed by atoms with E-state index in [1.807, 2.05) is 30.3 Å². The van der Waals surface area contributed by atoms with E-state index in [9.17, 15) is 4.79 Å². The average Bonchev–Trinajstić information content (AvgIpc) is 2.70. The number of carbonyl (C=O) groups is 1. The molecule has 0 radical (unpaired) electrons. The van der Waals surface area contributed by atoms with Crippen molar-refractivity contribution in [3.63, 3.8) is 0 Å². The summed E-state index contributed by atoms with van der Waals surface area (Å²) in [7, 11) is 0. The van der Waals surface area contributed by atoms with Crippen molar-refractivity contribution in [2.75, 3.05) is 13.2 Å². The second-order valence-electron chi connectivity index (χ2n) is 6.33. The van der Waals surface area contributed by atoms with Gasteiger partial charge in [-0.1, -0.05) is 61.5 Å². The van der Waals surface area contributed by atoms with Crippen LogP contribution < -0.4 is 10.1 Å². The minimum Gasteiger partial charge on any atom is -0.492 e. The third-order valence-electron chi connectivity index (χ3n) is 4.53. The zero-order valence-electron chi connectivity index (χ0n) is 15.2. The van der Waals surface area contributed by atoms with Gasteiger partial charge in [-0.05, 0) is 46.9 Å². The Hall–Kier alpha value is -2.81. The number of rotatable bonds is 8. The molecular formula is C23H25NO2. The van der Waals surface area contributed by atoms with E-state index in [-0.39, 0.29) is 5.91 Å². The molecule has 134 valence electrons. The predicted molar refractivity (Wildman–Crippen MR) is 107 cm³/mol. The fourth-order valence-corrected chi connectivity index (χ4v) is 3.03. The highest BCUT2D eigenvalue weighted by atomic mass is 16.5. The van der Waals surface area contributed by atoms with Gasteiger partial charge in [0, 0.05) is 6.42 Å². The van der Waals surface area contributed by atoms with Crippen molar-refractivity contribution < 1.29 is 9.53 Å². The predicted octanol–water partition coefficient (Wildman–Crippen LogP) is 4.53. The van der Waals surface area contributed by atoms with E-state index in [2.05, 4.69) is 48.6 Å². The zero-order chi connectivity index (χ0) is 18.2. The molecule has 3 heteroatoms. The van der Waals surface area contributed by atoms with Gasteiger partial charge in [0.05, 0.1) is 6.54 Å². The number of hydrogen-bond acceptors (Lipinski definition) is 2. The summed E-state index contributed by atoms with van der Waals surface area (Å²) in [5, 5.41) is 5.37. The smallest absolute Gasteiger partial charge is 0.220 e. The molecule has 0 aliphatic rings. The maximum Gasteiger partial charge on any atom is 0.220 e. The van der Waals surface area contributed by atoms with Gasteiger partial charge in [0.2, 0.25) is 5.91 Å². The van der Waals surface area contributed by atoms with Crippen LogP contribution in [0.15, 0.2) is 66.7 Å². The fourth-order valence-electron chi connectivity index (χ4n) is 3.03. The van der Waals surface area contributed by atoms with Gasteiger partial charge in [-0.3, -0.25) is 4.79 Å². The lowest BCUT2D eigenvalue weighted by Gasteiger charge is -2.09. The Bertz CT molecular complexity index is 850. The topological polar surface area (TPSA) is 38.3 Å². The molecule has 0 saturated heterocycles. The first kappa shape index (κ1) is 18.0. The highest BCUT2D eigenvalue weighted by Crippen LogP contribution is 2.19. The second-order valence-corrected chi connectivity index (χ2v) is 6.33. The Morgan fingerprint density at radius 2 is 1.73 bits per heavy atom. The van der Waals surface area contributed by atoms with Gasteiger partial charge in [0.25, 0.3) is 0 Å². The minimum atomic E-state index is 0.0582. The van der Waals surface area contributed by atoms with Crippen LogP contribution in [-0.4, -0.2) is 19.1 Å². The standard InChI is InChI=1S/C23H25NO2/c1-2-18-10-13-21(14-11-18)26-17-16-24-23(25)15-12-20-8-5-7-19-6-3-4-9-22(19)20/h3-11,13-14H,2,12,15-17H2,1H3,(H,24,25). The van der Waals surface area contributed by atoms with Crippen LogP contribution >= 0.6 is 0 Å². The molecule has 0 bridgehead atoms. The second kappa shape index (κ2) is 9.04. The molecule has 0 spiro atoms. The molecule has 0 aromatic heterocycles. The monoisotopic (exact) mass is 347 g/mol. The Labute approximate surface area is 155 Å². The first-order valence-corrected chi connectivity index (χ1v) is 9.21. The van der Waals surface area contributed by atoms with Crippen LogP contribution in [0.5, 0.6) is 5.75 Å². The Morgan fingerprint density at radius 3 is 2.54 bits per heavy atom. The first-order valence-electron chi connectivity index (χ1n) is 9.21. The Morgan fingerprint density at radius 1 is 0.962 bits per heavy atom. The maximum absolute atomic E-state index is 12.1. The number of fused-ring (bicyclic) bond motifs is 1. The van der Waals surface area contributed by atoms with Crippen molar-refractivity contribution in [2.24, 2.45) is 0 Å². The summed E-state index contributed by atoms with van der Waals surface area (Å²) >= 11 is 0. The zero-order valence-corrected chi connectivity index (χ0v) is 15.2. The molecule has 0 atom stereocenters. The summed E-state index contributed by atoms with van der Waals surface area (Å²) in [5.74, 6) is 0.898. The maximum atomic E-state index is 12.1. The number of benzene rings is 3. The van der Waals surface area contributed by atoms with Crippen LogP contribution in [0.3, 0.4) is 0 Å². The first-order chi connectivity index (χ1) is 12.8. The van der Waals surface area contributed by atoms with Crippen molar-refractivity contribution >= 4 is 16.7 Å². The number of aryl methyl sites for hydroxylation is 2. The number of ether oxygens (including phenoxy) is 1. The molecule has 1 amide bonds. The van der Waals surface area contributed by atoms with Crippen LogP contribution in [-0.2, 0) is 17.6 Å². The van der Waals surface area contributed by atoms with Crippen molar-refractivity contribution in [1.29, 1.82) is 0 Å². The molecule has 3 aromatic carbocycles. The van der Waals surface area contributed by atoms with Gasteiger partial charge in [-0.15, -0.1) is 0 Å². The normalized spacial score (nSPS) is 10.7. The van der Waals surface area contributed by atoms with Gasteiger partial charge in [-0.2, -0.15) is 0 Å². The molecule has 0 aliphatic carbocycles. The van der Waals surface area contributed by atoms with Crippen LogP contribution in [0.2, 0.25) is 0 Å². The highest BCUT2D eigenvalue weighted by Gasteiger charge is 2.05. The molecule has 26 heavy (non-hydrogen) atoms. The van der Waals surface area contributed by atoms with Gasteiger partial charge in [0.1, 0.15) is 12.4 Å². The van der Waals surface area contributed by atoms with Crippen molar-refractivity contribution in [1.82, 2.24) is 5.32 Å². The third-order valence-corrected chi connectivity index (χ3v) is 4.53. The van der Waals surface area contributed by atoms with Crippen LogP contribution in [0, 0.1) is 0 Å². The lowest BCUT2D eigenvalue weighted by molar-refractivity contribution is -0.121. The van der Waals surface area contributed by atoms with E-state index >= 15 is 0 Å². The molecule has 3 rings (SSSR count). The van der Waals surface area contributed by atoms with E-state index in [1.165, 1.54) is 21.9 Å². The summed E-state index contributed by atoms with van der Waals surface area (Å²) in [5.41, 5.74) is 2.50. The largest absolute Gasteiger partial charge is 0.492 e. The molecule has 0 heterocycles. The number of amides is 1. The average molecular weight is 347 g/mol. The van der Waals surface area contributed by atoms with E-state index in [0.717, 1.165) is 18.6 Å². The molecule has 0 unspecified atom stereocenters. The number of carbonyl (C=O) groups excluding carboxylic acids is 1. The van der Waals surface area contributed by atoms with Gasteiger partial charge >= 0.3 is 0 Å². The minimum absolute atomic E-state index is 0.0582. The summed E-state index contributed by atoms with van der Waals surface area (Å²) < 4.78 is 5.66. The van der Waals surface area contributed by atoms with Crippen LogP contribution in [0.4, 0.5) is 0 Å². The molecule has 3 nitrogen and oxygen atoms in total. The Balaban J connectivity index is 1.41. The third kappa shape index (κ3) is 4.85. The lowest BCUT2D eigenvalue weighted by Crippen LogP contribution is -2.28. The summed E-state index contributed by atoms with van der Waals surface area (Å²) in [6.45, 7) is 3.12. The van der Waals surface area contributed by atoms with E-state index in [1.54, 1.807) is 0 Å². The lowest BCUT2D eigenvalue weighted by atomic mass is 10.0. The van der Waals surface area contributed by atoms with Crippen molar-refractivity contribution in [3.05, 3.63) is 77.9 Å². The molecule has 0 aliphatic heterocycles. The summed E-state index contributed by atoms with van der Waals surface area (Å²) in [4.78, 5) is 12.1.